The van der Waals surface area contributed by atoms with E-state index < -0.39 is 0 Å². The molecule has 1 atom stereocenters. The number of aryl methyl sites for hydroxylation is 1. The molecule has 0 N–H and O–H groups in total. The van der Waals surface area contributed by atoms with Gasteiger partial charge in [0.25, 0.3) is 0 Å². The highest BCUT2D eigenvalue weighted by molar-refractivity contribution is 5.96. The van der Waals surface area contributed by atoms with Gasteiger partial charge in [-0.1, -0.05) is 60.2 Å². The number of benzene rings is 2. The zero-order valence-electron chi connectivity index (χ0n) is 12.5. The van der Waals surface area contributed by atoms with Crippen molar-refractivity contribution in [3.63, 3.8) is 0 Å². The van der Waals surface area contributed by atoms with Crippen LogP contribution in [0.5, 0.6) is 0 Å². The number of nitrogens with zero attached hydrogens (tertiary/aromatic N) is 2. The van der Waals surface area contributed by atoms with Crippen LogP contribution in [0.2, 0.25) is 0 Å². The minimum atomic E-state index is -0.0787. The molecule has 2 aromatic carbocycles. The van der Waals surface area contributed by atoms with Crippen LogP contribution in [-0.2, 0) is 0 Å². The molecule has 3 rings (SSSR count). The van der Waals surface area contributed by atoms with Gasteiger partial charge in [0, 0.05) is 24.4 Å². The number of ketones is 1. The van der Waals surface area contributed by atoms with E-state index in [0.29, 0.717) is 6.42 Å². The van der Waals surface area contributed by atoms with Crippen molar-refractivity contribution in [1.82, 2.24) is 9.78 Å². The maximum absolute atomic E-state index is 12.6. The Hall–Kier alpha value is -2.68. The van der Waals surface area contributed by atoms with Crippen LogP contribution in [0, 0.1) is 6.92 Å². The fourth-order valence-corrected chi connectivity index (χ4v) is 2.54. The smallest absolute Gasteiger partial charge is 0.165 e. The average molecular weight is 290 g/mol. The number of hydrogen-bond donors (Lipinski definition) is 0. The highest BCUT2D eigenvalue weighted by atomic mass is 16.1. The second-order valence-electron chi connectivity index (χ2n) is 5.41. The van der Waals surface area contributed by atoms with Crippen molar-refractivity contribution in [3.05, 3.63) is 89.7 Å². The molecule has 1 heterocycles. The van der Waals surface area contributed by atoms with Gasteiger partial charge >= 0.3 is 0 Å². The zero-order valence-corrected chi connectivity index (χ0v) is 12.5. The quantitative estimate of drug-likeness (QED) is 0.664. The summed E-state index contributed by atoms with van der Waals surface area (Å²) in [7, 11) is 0. The monoisotopic (exact) mass is 290 g/mol. The summed E-state index contributed by atoms with van der Waals surface area (Å²) >= 11 is 0. The predicted octanol–water partition coefficient (Wildman–Crippen LogP) is 4.05. The Morgan fingerprint density at radius 1 is 1.05 bits per heavy atom. The maximum Gasteiger partial charge on any atom is 0.165 e. The standard InChI is InChI=1S/C19H18N2O/c1-15-8-10-17(11-9-15)19(22)14-18(21-13-5-12-20-21)16-6-3-2-4-7-16/h2-13,18H,14H2,1H3. The number of hydrogen-bond acceptors (Lipinski definition) is 2. The van der Waals surface area contributed by atoms with E-state index in [1.807, 2.05) is 78.5 Å². The van der Waals surface area contributed by atoms with Crippen molar-refractivity contribution >= 4 is 5.78 Å². The second kappa shape index (κ2) is 6.39. The van der Waals surface area contributed by atoms with Crippen LogP contribution in [0.25, 0.3) is 0 Å². The lowest BCUT2D eigenvalue weighted by atomic mass is 9.97. The first-order valence-electron chi connectivity index (χ1n) is 7.38. The molecular weight excluding hydrogens is 272 g/mol. The van der Waals surface area contributed by atoms with Crippen LogP contribution in [0.3, 0.4) is 0 Å². The molecule has 0 bridgehead atoms. The first kappa shape index (κ1) is 14.3. The van der Waals surface area contributed by atoms with Gasteiger partial charge in [-0.05, 0) is 18.6 Å². The predicted molar refractivity (Wildman–Crippen MR) is 86.9 cm³/mol. The third-order valence-corrected chi connectivity index (χ3v) is 3.78. The molecule has 110 valence electrons. The van der Waals surface area contributed by atoms with E-state index in [4.69, 9.17) is 0 Å². The number of carbonyl (C=O) groups excluding carboxylic acids is 1. The lowest BCUT2D eigenvalue weighted by Crippen LogP contribution is -2.16. The molecule has 0 radical (unpaired) electrons. The van der Waals surface area contributed by atoms with Crippen LogP contribution in [0.4, 0.5) is 0 Å². The number of rotatable bonds is 5. The molecule has 0 aliphatic rings. The minimum absolute atomic E-state index is 0.0787. The molecule has 0 fully saturated rings. The fraction of sp³-hybridized carbons (Fsp3) is 0.158. The van der Waals surface area contributed by atoms with Crippen LogP contribution >= 0.6 is 0 Å². The van der Waals surface area contributed by atoms with Gasteiger partial charge in [0.05, 0.1) is 6.04 Å². The van der Waals surface area contributed by atoms with Gasteiger partial charge in [-0.3, -0.25) is 9.48 Å². The van der Waals surface area contributed by atoms with Gasteiger partial charge in [-0.2, -0.15) is 5.10 Å². The van der Waals surface area contributed by atoms with E-state index in [0.717, 1.165) is 16.7 Å². The summed E-state index contributed by atoms with van der Waals surface area (Å²) < 4.78 is 1.85. The summed E-state index contributed by atoms with van der Waals surface area (Å²) in [5.74, 6) is 0.129. The van der Waals surface area contributed by atoms with E-state index in [2.05, 4.69) is 5.10 Å². The first-order valence-corrected chi connectivity index (χ1v) is 7.38. The van der Waals surface area contributed by atoms with Crippen LogP contribution < -0.4 is 0 Å². The fourth-order valence-electron chi connectivity index (χ4n) is 2.54. The van der Waals surface area contributed by atoms with Gasteiger partial charge in [-0.25, -0.2) is 0 Å². The highest BCUT2D eigenvalue weighted by Crippen LogP contribution is 2.23. The van der Waals surface area contributed by atoms with E-state index in [-0.39, 0.29) is 11.8 Å². The van der Waals surface area contributed by atoms with E-state index in [1.165, 1.54) is 0 Å². The van der Waals surface area contributed by atoms with Gasteiger partial charge in [0.2, 0.25) is 0 Å². The van der Waals surface area contributed by atoms with Gasteiger partial charge in [0.1, 0.15) is 0 Å². The minimum Gasteiger partial charge on any atom is -0.294 e. The van der Waals surface area contributed by atoms with Crippen LogP contribution in [0.15, 0.2) is 73.1 Å². The Morgan fingerprint density at radius 3 is 2.41 bits per heavy atom. The van der Waals surface area contributed by atoms with Crippen molar-refractivity contribution in [3.8, 4) is 0 Å². The molecule has 0 saturated heterocycles. The van der Waals surface area contributed by atoms with Gasteiger partial charge in [-0.15, -0.1) is 0 Å². The molecule has 1 unspecified atom stereocenters. The van der Waals surface area contributed by atoms with E-state index >= 15 is 0 Å². The summed E-state index contributed by atoms with van der Waals surface area (Å²) in [6.07, 6.45) is 4.04. The topological polar surface area (TPSA) is 34.9 Å². The number of Topliss-reactive ketones (excluding diaryl/α,β-unsaturated/α-hetero) is 1. The Kier molecular flexibility index (Phi) is 4.15. The summed E-state index contributed by atoms with van der Waals surface area (Å²) in [5, 5.41) is 4.32. The molecule has 3 nitrogen and oxygen atoms in total. The largest absolute Gasteiger partial charge is 0.294 e. The van der Waals surface area contributed by atoms with Gasteiger partial charge < -0.3 is 0 Å². The van der Waals surface area contributed by atoms with Crippen molar-refractivity contribution in [1.29, 1.82) is 0 Å². The zero-order chi connectivity index (χ0) is 15.4. The molecule has 0 amide bonds. The lowest BCUT2D eigenvalue weighted by Gasteiger charge is -2.17. The van der Waals surface area contributed by atoms with Crippen molar-refractivity contribution in [2.24, 2.45) is 0 Å². The summed E-state index contributed by atoms with van der Waals surface area (Å²) in [5.41, 5.74) is 2.99. The number of carbonyl (C=O) groups is 1. The summed E-state index contributed by atoms with van der Waals surface area (Å²) in [4.78, 5) is 12.6. The Bertz CT molecular complexity index is 731. The van der Waals surface area contributed by atoms with E-state index in [1.54, 1.807) is 6.20 Å². The Labute approximate surface area is 130 Å². The summed E-state index contributed by atoms with van der Waals surface area (Å²) in [6.45, 7) is 2.02. The average Bonchev–Trinajstić information content (AvgIpc) is 3.08. The molecule has 22 heavy (non-hydrogen) atoms. The van der Waals surface area contributed by atoms with Crippen LogP contribution in [-0.4, -0.2) is 15.6 Å². The summed E-state index contributed by atoms with van der Waals surface area (Å²) in [6, 6.07) is 19.6. The Morgan fingerprint density at radius 2 is 1.77 bits per heavy atom. The second-order valence-corrected chi connectivity index (χ2v) is 5.41. The molecule has 0 aliphatic carbocycles. The molecule has 3 aromatic rings. The SMILES string of the molecule is Cc1ccc(C(=O)CC(c2ccccc2)n2cccn2)cc1. The third-order valence-electron chi connectivity index (χ3n) is 3.78. The van der Waals surface area contributed by atoms with Crippen LogP contribution in [0.1, 0.15) is 33.9 Å². The molecule has 1 aromatic heterocycles. The normalized spacial score (nSPS) is 12.0. The lowest BCUT2D eigenvalue weighted by molar-refractivity contribution is 0.0967. The molecule has 0 saturated carbocycles. The third kappa shape index (κ3) is 3.14. The number of aromatic nitrogens is 2. The van der Waals surface area contributed by atoms with Crippen molar-refractivity contribution < 1.29 is 4.79 Å². The van der Waals surface area contributed by atoms with E-state index in [9.17, 15) is 4.79 Å². The molecule has 3 heteroatoms. The molecule has 0 aliphatic heterocycles. The highest BCUT2D eigenvalue weighted by Gasteiger charge is 2.19. The first-order chi connectivity index (χ1) is 10.7. The molecule has 0 spiro atoms. The molecular formula is C19H18N2O. The maximum atomic E-state index is 12.6. The van der Waals surface area contributed by atoms with Crippen molar-refractivity contribution in [2.75, 3.05) is 0 Å². The van der Waals surface area contributed by atoms with Crippen molar-refractivity contribution in [2.45, 2.75) is 19.4 Å². The Balaban J connectivity index is 1.87. The van der Waals surface area contributed by atoms with Gasteiger partial charge in [0.15, 0.2) is 5.78 Å².